The quantitative estimate of drug-likeness (QED) is 0.558. The van der Waals surface area contributed by atoms with Gasteiger partial charge in [0.1, 0.15) is 0 Å². The number of sulfonamides is 1. The summed E-state index contributed by atoms with van der Waals surface area (Å²) in [4.78, 5) is 11.1. The first-order chi connectivity index (χ1) is 9.27. The molecule has 0 fully saturated rings. The van der Waals surface area contributed by atoms with Gasteiger partial charge in [-0.1, -0.05) is 15.9 Å². The second kappa shape index (κ2) is 7.53. The van der Waals surface area contributed by atoms with Crippen molar-refractivity contribution in [2.24, 2.45) is 0 Å². The summed E-state index contributed by atoms with van der Waals surface area (Å²) in [5, 5.41) is 0. The third-order valence-corrected chi connectivity index (χ3v) is 5.85. The lowest BCUT2D eigenvalue weighted by Gasteiger charge is -2.10. The minimum absolute atomic E-state index is 0.160. The van der Waals surface area contributed by atoms with Gasteiger partial charge in [-0.15, -0.1) is 0 Å². The maximum absolute atomic E-state index is 12.2. The fourth-order valence-electron chi connectivity index (χ4n) is 1.45. The molecule has 1 N–H and O–H groups in total. The van der Waals surface area contributed by atoms with Crippen molar-refractivity contribution in [3.05, 3.63) is 26.6 Å². The van der Waals surface area contributed by atoms with Gasteiger partial charge in [-0.05, 0) is 47.0 Å². The van der Waals surface area contributed by atoms with Crippen molar-refractivity contribution < 1.29 is 17.9 Å². The SMILES string of the molecule is COC(=O)CCCNS(=O)(=O)c1cc(Br)c(C)cc1Br. The summed E-state index contributed by atoms with van der Waals surface area (Å²) in [6, 6.07) is 3.27. The molecule has 0 aromatic heterocycles. The number of hydrogen-bond acceptors (Lipinski definition) is 4. The average molecular weight is 429 g/mol. The predicted molar refractivity (Wildman–Crippen MR) is 83.0 cm³/mol. The zero-order valence-electron chi connectivity index (χ0n) is 11.1. The molecule has 0 bridgehead atoms. The molecule has 112 valence electrons. The van der Waals surface area contributed by atoms with Gasteiger partial charge >= 0.3 is 5.97 Å². The number of methoxy groups -OCH3 is 1. The van der Waals surface area contributed by atoms with Crippen LogP contribution in [0.4, 0.5) is 0 Å². The first-order valence-corrected chi connectivity index (χ1v) is 8.87. The Hall–Kier alpha value is -0.440. The Morgan fingerprint density at radius 1 is 1.30 bits per heavy atom. The van der Waals surface area contributed by atoms with Gasteiger partial charge in [-0.25, -0.2) is 13.1 Å². The van der Waals surface area contributed by atoms with Crippen LogP contribution in [0, 0.1) is 6.92 Å². The molecule has 20 heavy (non-hydrogen) atoms. The largest absolute Gasteiger partial charge is 0.469 e. The number of benzene rings is 1. The fraction of sp³-hybridized carbons (Fsp3) is 0.417. The van der Waals surface area contributed by atoms with Crippen LogP contribution in [0.25, 0.3) is 0 Å². The van der Waals surface area contributed by atoms with Crippen molar-refractivity contribution >= 4 is 47.9 Å². The molecule has 1 rings (SSSR count). The van der Waals surface area contributed by atoms with E-state index < -0.39 is 10.0 Å². The third-order valence-electron chi connectivity index (χ3n) is 2.58. The van der Waals surface area contributed by atoms with Crippen LogP contribution in [-0.4, -0.2) is 28.0 Å². The molecule has 0 aliphatic rings. The summed E-state index contributed by atoms with van der Waals surface area (Å²) in [5.41, 5.74) is 0.932. The first kappa shape index (κ1) is 17.6. The lowest BCUT2D eigenvalue weighted by Crippen LogP contribution is -2.25. The molecule has 0 aliphatic carbocycles. The second-order valence-electron chi connectivity index (χ2n) is 4.11. The maximum Gasteiger partial charge on any atom is 0.305 e. The van der Waals surface area contributed by atoms with Crippen molar-refractivity contribution in [3.63, 3.8) is 0 Å². The van der Waals surface area contributed by atoms with Gasteiger partial charge < -0.3 is 4.74 Å². The van der Waals surface area contributed by atoms with E-state index in [2.05, 4.69) is 41.3 Å². The molecule has 0 saturated heterocycles. The van der Waals surface area contributed by atoms with Crippen molar-refractivity contribution in [2.75, 3.05) is 13.7 Å². The van der Waals surface area contributed by atoms with Crippen LogP contribution < -0.4 is 4.72 Å². The van der Waals surface area contributed by atoms with Crippen LogP contribution in [0.15, 0.2) is 26.0 Å². The van der Waals surface area contributed by atoms with Crippen LogP contribution in [0.2, 0.25) is 0 Å². The van der Waals surface area contributed by atoms with E-state index in [1.54, 1.807) is 12.1 Å². The van der Waals surface area contributed by atoms with Gasteiger partial charge in [0.2, 0.25) is 10.0 Å². The smallest absolute Gasteiger partial charge is 0.305 e. The number of nitrogens with one attached hydrogen (secondary N) is 1. The Morgan fingerprint density at radius 3 is 2.55 bits per heavy atom. The van der Waals surface area contributed by atoms with Crippen LogP contribution in [-0.2, 0) is 19.6 Å². The van der Waals surface area contributed by atoms with Gasteiger partial charge in [-0.2, -0.15) is 0 Å². The molecular formula is C12H15Br2NO4S. The molecule has 0 aliphatic heterocycles. The summed E-state index contributed by atoms with van der Waals surface area (Å²) in [5.74, 6) is -0.358. The van der Waals surface area contributed by atoms with Crippen molar-refractivity contribution in [1.29, 1.82) is 0 Å². The first-order valence-electron chi connectivity index (χ1n) is 5.80. The number of carbonyl (C=O) groups excluding carboxylic acids is 1. The molecule has 8 heteroatoms. The highest BCUT2D eigenvalue weighted by molar-refractivity contribution is 9.11. The maximum atomic E-state index is 12.2. The lowest BCUT2D eigenvalue weighted by molar-refractivity contribution is -0.140. The Balaban J connectivity index is 2.75. The monoisotopic (exact) mass is 427 g/mol. The molecule has 0 saturated carbocycles. The Morgan fingerprint density at radius 2 is 1.95 bits per heavy atom. The van der Waals surface area contributed by atoms with E-state index in [9.17, 15) is 13.2 Å². The topological polar surface area (TPSA) is 72.5 Å². The summed E-state index contributed by atoms with van der Waals surface area (Å²) in [6.07, 6.45) is 0.564. The molecule has 1 aromatic carbocycles. The van der Waals surface area contributed by atoms with Gasteiger partial charge in [-0.3, -0.25) is 4.79 Å². The molecule has 5 nitrogen and oxygen atoms in total. The highest BCUT2D eigenvalue weighted by atomic mass is 79.9. The highest BCUT2D eigenvalue weighted by Gasteiger charge is 2.18. The number of hydrogen-bond donors (Lipinski definition) is 1. The van der Waals surface area contributed by atoms with Gasteiger partial charge in [0, 0.05) is 21.9 Å². The number of esters is 1. The fourth-order valence-corrected chi connectivity index (χ4v) is 4.20. The Kier molecular flexibility index (Phi) is 6.63. The number of rotatable bonds is 6. The van der Waals surface area contributed by atoms with Crippen LogP contribution in [0.5, 0.6) is 0 Å². The zero-order chi connectivity index (χ0) is 15.3. The van der Waals surface area contributed by atoms with Crippen LogP contribution in [0.1, 0.15) is 18.4 Å². The normalized spacial score (nSPS) is 11.4. The molecule has 0 radical (unpaired) electrons. The van der Waals surface area contributed by atoms with Crippen molar-refractivity contribution in [2.45, 2.75) is 24.7 Å². The zero-order valence-corrected chi connectivity index (χ0v) is 15.1. The minimum atomic E-state index is -3.61. The molecule has 0 heterocycles. The summed E-state index contributed by atoms with van der Waals surface area (Å²) in [6.45, 7) is 2.05. The van der Waals surface area contributed by atoms with Gasteiger partial charge in [0.15, 0.2) is 0 Å². The molecule has 0 atom stereocenters. The second-order valence-corrected chi connectivity index (χ2v) is 7.55. The van der Waals surface area contributed by atoms with E-state index >= 15 is 0 Å². The number of halogens is 2. The van der Waals surface area contributed by atoms with Crippen molar-refractivity contribution in [3.8, 4) is 0 Å². The molecule has 0 amide bonds. The molecular weight excluding hydrogens is 414 g/mol. The lowest BCUT2D eigenvalue weighted by atomic mass is 10.2. The summed E-state index contributed by atoms with van der Waals surface area (Å²) < 4.78 is 32.5. The molecule has 0 unspecified atom stereocenters. The predicted octanol–water partition coefficient (Wildman–Crippen LogP) is 2.75. The van der Waals surface area contributed by atoms with Crippen LogP contribution in [0.3, 0.4) is 0 Å². The summed E-state index contributed by atoms with van der Waals surface area (Å²) in [7, 11) is -2.31. The van der Waals surface area contributed by atoms with E-state index in [0.29, 0.717) is 10.9 Å². The number of ether oxygens (including phenoxy) is 1. The van der Waals surface area contributed by atoms with Gasteiger partial charge in [0.05, 0.1) is 12.0 Å². The van der Waals surface area contributed by atoms with E-state index in [1.165, 1.54) is 7.11 Å². The van der Waals surface area contributed by atoms with Gasteiger partial charge in [0.25, 0.3) is 0 Å². The van der Waals surface area contributed by atoms with E-state index in [4.69, 9.17) is 0 Å². The minimum Gasteiger partial charge on any atom is -0.469 e. The standard InChI is InChI=1S/C12H15Br2NO4S/c1-8-6-10(14)11(7-9(8)13)20(17,18)15-5-3-4-12(16)19-2/h6-7,15H,3-5H2,1-2H3. The van der Waals surface area contributed by atoms with E-state index in [1.807, 2.05) is 6.92 Å². The average Bonchev–Trinajstić information content (AvgIpc) is 2.38. The van der Waals surface area contributed by atoms with E-state index in [0.717, 1.165) is 10.0 Å². The Bertz CT molecular complexity index is 602. The number of carbonyl (C=O) groups is 1. The summed E-state index contributed by atoms with van der Waals surface area (Å²) >= 11 is 6.56. The third kappa shape index (κ3) is 4.83. The van der Waals surface area contributed by atoms with Crippen LogP contribution >= 0.6 is 31.9 Å². The van der Waals surface area contributed by atoms with Crippen molar-refractivity contribution in [1.82, 2.24) is 4.72 Å². The molecule has 1 aromatic rings. The number of aryl methyl sites for hydroxylation is 1. The highest BCUT2D eigenvalue weighted by Crippen LogP contribution is 2.28. The Labute approximate surface area is 135 Å². The molecule has 0 spiro atoms. The van der Waals surface area contributed by atoms with E-state index in [-0.39, 0.29) is 23.8 Å².